The van der Waals surface area contributed by atoms with E-state index in [0.29, 0.717) is 38.3 Å². The summed E-state index contributed by atoms with van der Waals surface area (Å²) in [4.78, 5) is 13.2. The van der Waals surface area contributed by atoms with E-state index in [4.69, 9.17) is 4.74 Å². The average molecular weight is 445 g/mol. The summed E-state index contributed by atoms with van der Waals surface area (Å²) in [5.41, 5.74) is 1.08. The Morgan fingerprint density at radius 1 is 1.06 bits per heavy atom. The third kappa shape index (κ3) is 5.66. The van der Waals surface area contributed by atoms with E-state index in [1.807, 2.05) is 37.3 Å². The predicted octanol–water partition coefficient (Wildman–Crippen LogP) is 4.00. The SMILES string of the molecule is CCOc1ccc(S(=O)(=O)N2CCC(C(=O)NC(c3ccccc3)C(C)C)CC2)cc1. The molecule has 168 valence electrons. The van der Waals surface area contributed by atoms with Gasteiger partial charge in [-0.2, -0.15) is 4.31 Å². The van der Waals surface area contributed by atoms with Gasteiger partial charge in [-0.1, -0.05) is 44.2 Å². The van der Waals surface area contributed by atoms with E-state index in [1.165, 1.54) is 4.31 Å². The number of carbonyl (C=O) groups excluding carboxylic acids is 1. The van der Waals surface area contributed by atoms with E-state index in [-0.39, 0.29) is 28.7 Å². The maximum absolute atomic E-state index is 13.0. The third-order valence-electron chi connectivity index (χ3n) is 5.72. The molecule has 31 heavy (non-hydrogen) atoms. The average Bonchev–Trinajstić information content (AvgIpc) is 2.78. The molecule has 0 aliphatic carbocycles. The summed E-state index contributed by atoms with van der Waals surface area (Å²) in [7, 11) is -3.58. The van der Waals surface area contributed by atoms with Crippen LogP contribution in [0.1, 0.15) is 45.2 Å². The summed E-state index contributed by atoms with van der Waals surface area (Å²) in [6, 6.07) is 16.4. The van der Waals surface area contributed by atoms with Gasteiger partial charge in [-0.25, -0.2) is 8.42 Å². The topological polar surface area (TPSA) is 75.7 Å². The number of nitrogens with one attached hydrogen (secondary N) is 1. The Labute approximate surface area is 185 Å². The van der Waals surface area contributed by atoms with Gasteiger partial charge in [0.15, 0.2) is 0 Å². The molecule has 6 nitrogen and oxygen atoms in total. The second-order valence-electron chi connectivity index (χ2n) is 8.22. The number of sulfonamides is 1. The van der Waals surface area contributed by atoms with Gasteiger partial charge in [0, 0.05) is 19.0 Å². The molecule has 1 aliphatic heterocycles. The van der Waals surface area contributed by atoms with Gasteiger partial charge in [0.1, 0.15) is 5.75 Å². The third-order valence-corrected chi connectivity index (χ3v) is 7.63. The smallest absolute Gasteiger partial charge is 0.243 e. The number of ether oxygens (including phenoxy) is 1. The van der Waals surface area contributed by atoms with Gasteiger partial charge in [-0.3, -0.25) is 4.79 Å². The Hall–Kier alpha value is -2.38. The Morgan fingerprint density at radius 3 is 2.23 bits per heavy atom. The minimum atomic E-state index is -3.58. The second kappa shape index (κ2) is 10.3. The van der Waals surface area contributed by atoms with Crippen molar-refractivity contribution in [2.45, 2.75) is 44.6 Å². The van der Waals surface area contributed by atoms with Crippen molar-refractivity contribution < 1.29 is 17.9 Å². The molecule has 0 bridgehead atoms. The van der Waals surface area contributed by atoms with Crippen molar-refractivity contribution in [3.05, 3.63) is 60.2 Å². The van der Waals surface area contributed by atoms with Crippen molar-refractivity contribution in [3.8, 4) is 5.75 Å². The Morgan fingerprint density at radius 2 is 1.68 bits per heavy atom. The monoisotopic (exact) mass is 444 g/mol. The van der Waals surface area contributed by atoms with Crippen LogP contribution in [0.2, 0.25) is 0 Å². The Kier molecular flexibility index (Phi) is 7.73. The van der Waals surface area contributed by atoms with Gasteiger partial charge in [-0.15, -0.1) is 0 Å². The number of rotatable bonds is 8. The number of carbonyl (C=O) groups is 1. The summed E-state index contributed by atoms with van der Waals surface area (Å²) in [5, 5.41) is 3.19. The number of piperidine rings is 1. The van der Waals surface area contributed by atoms with Crippen LogP contribution >= 0.6 is 0 Å². The molecule has 7 heteroatoms. The molecule has 1 fully saturated rings. The molecule has 1 atom stereocenters. The fourth-order valence-corrected chi connectivity index (χ4v) is 5.42. The lowest BCUT2D eigenvalue weighted by Crippen LogP contribution is -2.44. The summed E-state index contributed by atoms with van der Waals surface area (Å²) >= 11 is 0. The molecule has 1 heterocycles. The first-order valence-corrected chi connectivity index (χ1v) is 12.3. The number of hydrogen-bond donors (Lipinski definition) is 1. The second-order valence-corrected chi connectivity index (χ2v) is 10.2. The molecule has 0 spiro atoms. The van der Waals surface area contributed by atoms with Gasteiger partial charge >= 0.3 is 0 Å². The van der Waals surface area contributed by atoms with Crippen molar-refractivity contribution in [2.24, 2.45) is 11.8 Å². The molecular formula is C24H32N2O4S. The molecule has 1 N–H and O–H groups in total. The number of hydrogen-bond acceptors (Lipinski definition) is 4. The largest absolute Gasteiger partial charge is 0.494 e. The van der Waals surface area contributed by atoms with Crippen LogP contribution in [0, 0.1) is 11.8 Å². The van der Waals surface area contributed by atoms with Crippen LogP contribution < -0.4 is 10.1 Å². The number of nitrogens with zero attached hydrogens (tertiary/aromatic N) is 1. The zero-order valence-electron chi connectivity index (χ0n) is 18.5. The standard InChI is InChI=1S/C24H32N2O4S/c1-4-30-21-10-12-22(13-11-21)31(28,29)26-16-14-20(15-17-26)24(27)25-23(18(2)3)19-8-6-5-7-9-19/h5-13,18,20,23H,4,14-17H2,1-3H3,(H,25,27). The van der Waals surface area contributed by atoms with Crippen molar-refractivity contribution >= 4 is 15.9 Å². The van der Waals surface area contributed by atoms with Crippen LogP contribution in [0.5, 0.6) is 5.75 Å². The zero-order chi connectivity index (χ0) is 22.4. The van der Waals surface area contributed by atoms with Crippen molar-refractivity contribution in [3.63, 3.8) is 0 Å². The van der Waals surface area contributed by atoms with E-state index in [1.54, 1.807) is 24.3 Å². The molecule has 1 amide bonds. The molecule has 2 aromatic rings. The van der Waals surface area contributed by atoms with E-state index < -0.39 is 10.0 Å². The first-order valence-electron chi connectivity index (χ1n) is 10.9. The summed E-state index contributed by atoms with van der Waals surface area (Å²) in [5.74, 6) is 0.721. The van der Waals surface area contributed by atoms with Crippen molar-refractivity contribution in [2.75, 3.05) is 19.7 Å². The lowest BCUT2D eigenvalue weighted by Gasteiger charge is -2.32. The molecular weight excluding hydrogens is 412 g/mol. The number of amides is 1. The summed E-state index contributed by atoms with van der Waals surface area (Å²) in [6.07, 6.45) is 1.03. The minimum Gasteiger partial charge on any atom is -0.494 e. The summed E-state index contributed by atoms with van der Waals surface area (Å²) < 4.78 is 32.8. The summed E-state index contributed by atoms with van der Waals surface area (Å²) in [6.45, 7) is 7.27. The van der Waals surface area contributed by atoms with Crippen LogP contribution in [0.4, 0.5) is 0 Å². The number of benzene rings is 2. The van der Waals surface area contributed by atoms with E-state index in [9.17, 15) is 13.2 Å². The molecule has 1 aliphatic rings. The quantitative estimate of drug-likeness (QED) is 0.668. The fraction of sp³-hybridized carbons (Fsp3) is 0.458. The molecule has 0 aromatic heterocycles. The van der Waals surface area contributed by atoms with Gasteiger partial charge in [0.05, 0.1) is 17.5 Å². The molecule has 0 saturated carbocycles. The van der Waals surface area contributed by atoms with Crippen LogP contribution in [-0.4, -0.2) is 38.3 Å². The van der Waals surface area contributed by atoms with E-state index in [0.717, 1.165) is 5.56 Å². The predicted molar refractivity (Wildman–Crippen MR) is 121 cm³/mol. The highest BCUT2D eigenvalue weighted by atomic mass is 32.2. The highest BCUT2D eigenvalue weighted by molar-refractivity contribution is 7.89. The van der Waals surface area contributed by atoms with Crippen LogP contribution in [0.15, 0.2) is 59.5 Å². The first kappa shape index (κ1) is 23.3. The highest BCUT2D eigenvalue weighted by Gasteiger charge is 2.33. The van der Waals surface area contributed by atoms with Crippen LogP contribution in [0.3, 0.4) is 0 Å². The molecule has 3 rings (SSSR count). The van der Waals surface area contributed by atoms with Crippen LogP contribution in [0.25, 0.3) is 0 Å². The van der Waals surface area contributed by atoms with Gasteiger partial charge in [0.25, 0.3) is 0 Å². The first-order chi connectivity index (χ1) is 14.8. The lowest BCUT2D eigenvalue weighted by molar-refractivity contribution is -0.127. The molecule has 0 radical (unpaired) electrons. The molecule has 1 saturated heterocycles. The normalized spacial score (nSPS) is 16.8. The lowest BCUT2D eigenvalue weighted by atomic mass is 9.93. The van der Waals surface area contributed by atoms with Crippen molar-refractivity contribution in [1.29, 1.82) is 0 Å². The van der Waals surface area contributed by atoms with Gasteiger partial charge < -0.3 is 10.1 Å². The zero-order valence-corrected chi connectivity index (χ0v) is 19.3. The van der Waals surface area contributed by atoms with E-state index >= 15 is 0 Å². The maximum Gasteiger partial charge on any atom is 0.243 e. The Balaban J connectivity index is 1.61. The maximum atomic E-state index is 13.0. The van der Waals surface area contributed by atoms with Crippen LogP contribution in [-0.2, 0) is 14.8 Å². The minimum absolute atomic E-state index is 0.000619. The van der Waals surface area contributed by atoms with E-state index in [2.05, 4.69) is 19.2 Å². The van der Waals surface area contributed by atoms with Gasteiger partial charge in [0.2, 0.25) is 15.9 Å². The van der Waals surface area contributed by atoms with Crippen molar-refractivity contribution in [1.82, 2.24) is 9.62 Å². The van der Waals surface area contributed by atoms with Gasteiger partial charge in [-0.05, 0) is 55.5 Å². The Bertz CT molecular complexity index is 951. The fourth-order valence-electron chi connectivity index (χ4n) is 3.95. The highest BCUT2D eigenvalue weighted by Crippen LogP contribution is 2.27. The molecule has 1 unspecified atom stereocenters. The molecule has 2 aromatic carbocycles.